The number of nitrogens with one attached hydrogen (secondary N) is 3. The molecule has 4 aromatic rings. The SMILES string of the molecule is N#Cc1ccc2c(-c3cc4ccc(CNCCN5CCOCC5)cc4[nH]3)n[nH]c2c1. The second kappa shape index (κ2) is 8.28. The van der Waals surface area contributed by atoms with E-state index in [2.05, 4.69) is 55.7 Å². The summed E-state index contributed by atoms with van der Waals surface area (Å²) in [5.74, 6) is 0. The highest BCUT2D eigenvalue weighted by atomic mass is 16.5. The number of nitriles is 1. The van der Waals surface area contributed by atoms with Crippen molar-refractivity contribution in [2.45, 2.75) is 6.54 Å². The molecule has 1 aliphatic rings. The largest absolute Gasteiger partial charge is 0.379 e. The maximum atomic E-state index is 9.08. The molecule has 5 rings (SSSR count). The zero-order chi connectivity index (χ0) is 20.3. The molecule has 1 saturated heterocycles. The van der Waals surface area contributed by atoms with Crippen LogP contribution in [0.5, 0.6) is 0 Å². The van der Waals surface area contributed by atoms with Crippen molar-refractivity contribution in [1.82, 2.24) is 25.4 Å². The fraction of sp³-hybridized carbons (Fsp3) is 0.304. The summed E-state index contributed by atoms with van der Waals surface area (Å²) in [5, 5.41) is 22.3. The van der Waals surface area contributed by atoms with Gasteiger partial charge in [0.05, 0.1) is 36.1 Å². The van der Waals surface area contributed by atoms with Crippen molar-refractivity contribution in [2.75, 3.05) is 39.4 Å². The molecule has 7 heteroatoms. The van der Waals surface area contributed by atoms with Gasteiger partial charge in [-0.05, 0) is 35.9 Å². The molecule has 0 atom stereocenters. The van der Waals surface area contributed by atoms with Crippen molar-refractivity contribution in [3.05, 3.63) is 53.6 Å². The lowest BCUT2D eigenvalue weighted by atomic mass is 10.1. The molecule has 0 bridgehead atoms. The summed E-state index contributed by atoms with van der Waals surface area (Å²) in [4.78, 5) is 5.94. The summed E-state index contributed by atoms with van der Waals surface area (Å²) < 4.78 is 5.39. The fourth-order valence-electron chi connectivity index (χ4n) is 4.00. The molecule has 2 aromatic carbocycles. The van der Waals surface area contributed by atoms with E-state index in [1.165, 1.54) is 5.56 Å². The van der Waals surface area contributed by atoms with Gasteiger partial charge in [-0.25, -0.2) is 0 Å². The van der Waals surface area contributed by atoms with E-state index < -0.39 is 0 Å². The van der Waals surface area contributed by atoms with E-state index in [9.17, 15) is 0 Å². The maximum Gasteiger partial charge on any atom is 0.116 e. The summed E-state index contributed by atoms with van der Waals surface area (Å²) in [6.07, 6.45) is 0. The van der Waals surface area contributed by atoms with Gasteiger partial charge < -0.3 is 15.0 Å². The molecule has 3 N–H and O–H groups in total. The standard InChI is InChI=1S/C23H24N6O/c24-14-16-2-4-19-21(11-16)27-28-23(19)22-13-18-3-1-17(12-20(18)26-22)15-25-5-6-29-7-9-30-10-8-29/h1-4,11-13,25-26H,5-10,15H2,(H,27,28). The number of benzene rings is 2. The number of aromatic nitrogens is 3. The molecule has 0 saturated carbocycles. The molecule has 30 heavy (non-hydrogen) atoms. The lowest BCUT2D eigenvalue weighted by Crippen LogP contribution is -2.40. The topological polar surface area (TPSA) is 92.8 Å². The van der Waals surface area contributed by atoms with Crippen LogP contribution in [0.3, 0.4) is 0 Å². The normalized spacial score (nSPS) is 15.0. The predicted octanol–water partition coefficient (Wildman–Crippen LogP) is 3.00. The molecule has 0 unspecified atom stereocenters. The zero-order valence-electron chi connectivity index (χ0n) is 16.7. The van der Waals surface area contributed by atoms with E-state index >= 15 is 0 Å². The van der Waals surface area contributed by atoms with Crippen LogP contribution in [0.15, 0.2) is 42.5 Å². The molecule has 2 aromatic heterocycles. The van der Waals surface area contributed by atoms with E-state index in [-0.39, 0.29) is 0 Å². The van der Waals surface area contributed by atoms with Crippen LogP contribution in [-0.2, 0) is 11.3 Å². The Kier molecular flexibility index (Phi) is 5.20. The summed E-state index contributed by atoms with van der Waals surface area (Å²) in [6, 6.07) is 16.4. The zero-order valence-corrected chi connectivity index (χ0v) is 16.7. The van der Waals surface area contributed by atoms with Gasteiger partial charge in [0.1, 0.15) is 5.69 Å². The van der Waals surface area contributed by atoms with Crippen LogP contribution in [0.25, 0.3) is 33.2 Å². The van der Waals surface area contributed by atoms with Crippen LogP contribution in [0, 0.1) is 11.3 Å². The minimum atomic E-state index is 0.625. The number of aromatic amines is 2. The lowest BCUT2D eigenvalue weighted by Gasteiger charge is -2.26. The summed E-state index contributed by atoms with van der Waals surface area (Å²) in [5.41, 5.74) is 5.69. The highest BCUT2D eigenvalue weighted by molar-refractivity contribution is 5.96. The Bertz CT molecular complexity index is 1210. The third kappa shape index (κ3) is 3.81. The van der Waals surface area contributed by atoms with Crippen LogP contribution >= 0.6 is 0 Å². The Morgan fingerprint density at radius 2 is 2.00 bits per heavy atom. The molecular formula is C23H24N6O. The lowest BCUT2D eigenvalue weighted by molar-refractivity contribution is 0.0384. The van der Waals surface area contributed by atoms with Gasteiger partial charge in [-0.2, -0.15) is 10.4 Å². The van der Waals surface area contributed by atoms with Crippen molar-refractivity contribution in [2.24, 2.45) is 0 Å². The molecule has 1 aliphatic heterocycles. The number of ether oxygens (including phenoxy) is 1. The number of H-pyrrole nitrogens is 2. The highest BCUT2D eigenvalue weighted by Gasteiger charge is 2.12. The number of morpholine rings is 1. The van der Waals surface area contributed by atoms with Crippen LogP contribution < -0.4 is 5.32 Å². The van der Waals surface area contributed by atoms with Crippen molar-refractivity contribution in [3.8, 4) is 17.5 Å². The molecule has 0 amide bonds. The second-order valence-electron chi connectivity index (χ2n) is 7.68. The maximum absolute atomic E-state index is 9.08. The summed E-state index contributed by atoms with van der Waals surface area (Å²) >= 11 is 0. The minimum absolute atomic E-state index is 0.625. The predicted molar refractivity (Wildman–Crippen MR) is 117 cm³/mol. The van der Waals surface area contributed by atoms with E-state index in [0.717, 1.165) is 79.1 Å². The Hall–Kier alpha value is -3.18. The van der Waals surface area contributed by atoms with E-state index in [4.69, 9.17) is 10.00 Å². The average Bonchev–Trinajstić information content (AvgIpc) is 3.40. The van der Waals surface area contributed by atoms with Crippen LogP contribution in [-0.4, -0.2) is 59.5 Å². The van der Waals surface area contributed by atoms with Crippen molar-refractivity contribution < 1.29 is 4.74 Å². The van der Waals surface area contributed by atoms with Crippen LogP contribution in [0.4, 0.5) is 0 Å². The quantitative estimate of drug-likeness (QED) is 0.433. The molecular weight excluding hydrogens is 376 g/mol. The van der Waals surface area contributed by atoms with Crippen LogP contribution in [0.2, 0.25) is 0 Å². The van der Waals surface area contributed by atoms with Crippen LogP contribution in [0.1, 0.15) is 11.1 Å². The monoisotopic (exact) mass is 400 g/mol. The number of fused-ring (bicyclic) bond motifs is 2. The summed E-state index contributed by atoms with van der Waals surface area (Å²) in [7, 11) is 0. The highest BCUT2D eigenvalue weighted by Crippen LogP contribution is 2.29. The molecule has 0 radical (unpaired) electrons. The average molecular weight is 400 g/mol. The van der Waals surface area contributed by atoms with Gasteiger partial charge in [0, 0.05) is 49.0 Å². The van der Waals surface area contributed by atoms with Crippen molar-refractivity contribution in [1.29, 1.82) is 5.26 Å². The van der Waals surface area contributed by atoms with Gasteiger partial charge in [-0.15, -0.1) is 0 Å². The van der Waals surface area contributed by atoms with Gasteiger partial charge in [-0.3, -0.25) is 10.00 Å². The van der Waals surface area contributed by atoms with Gasteiger partial charge >= 0.3 is 0 Å². The minimum Gasteiger partial charge on any atom is -0.379 e. The first-order valence-corrected chi connectivity index (χ1v) is 10.3. The Balaban J connectivity index is 1.29. The third-order valence-corrected chi connectivity index (χ3v) is 5.67. The summed E-state index contributed by atoms with van der Waals surface area (Å²) in [6.45, 7) is 6.61. The molecule has 1 fully saturated rings. The van der Waals surface area contributed by atoms with Crippen molar-refractivity contribution >= 4 is 21.8 Å². The van der Waals surface area contributed by atoms with Gasteiger partial charge in [0.25, 0.3) is 0 Å². The molecule has 152 valence electrons. The molecule has 7 nitrogen and oxygen atoms in total. The first-order chi connectivity index (χ1) is 14.8. The smallest absolute Gasteiger partial charge is 0.116 e. The Morgan fingerprint density at radius 1 is 1.10 bits per heavy atom. The number of nitrogens with zero attached hydrogens (tertiary/aromatic N) is 3. The van der Waals surface area contributed by atoms with E-state index in [1.807, 2.05) is 18.2 Å². The second-order valence-corrected chi connectivity index (χ2v) is 7.68. The number of hydrogen-bond acceptors (Lipinski definition) is 5. The Labute approximate surface area is 174 Å². The van der Waals surface area contributed by atoms with Gasteiger partial charge in [-0.1, -0.05) is 12.1 Å². The third-order valence-electron chi connectivity index (χ3n) is 5.67. The van der Waals surface area contributed by atoms with Gasteiger partial charge in [0.2, 0.25) is 0 Å². The molecule has 0 spiro atoms. The number of rotatable bonds is 6. The van der Waals surface area contributed by atoms with E-state index in [0.29, 0.717) is 5.56 Å². The van der Waals surface area contributed by atoms with Gasteiger partial charge in [0.15, 0.2) is 0 Å². The Morgan fingerprint density at radius 3 is 2.87 bits per heavy atom. The van der Waals surface area contributed by atoms with E-state index in [1.54, 1.807) is 0 Å². The number of hydrogen-bond donors (Lipinski definition) is 3. The first kappa shape index (κ1) is 18.8. The first-order valence-electron chi connectivity index (χ1n) is 10.3. The molecule has 3 heterocycles. The fourth-order valence-corrected chi connectivity index (χ4v) is 4.00. The van der Waals surface area contributed by atoms with Crippen molar-refractivity contribution in [3.63, 3.8) is 0 Å². The molecule has 0 aliphatic carbocycles.